The highest BCUT2D eigenvalue weighted by Gasteiger charge is 2.07. The predicted octanol–water partition coefficient (Wildman–Crippen LogP) is 0.900. The summed E-state index contributed by atoms with van der Waals surface area (Å²) in [6.45, 7) is 0. The van der Waals surface area contributed by atoms with Gasteiger partial charge in [0, 0.05) is 11.9 Å². The van der Waals surface area contributed by atoms with Crippen LogP contribution in [0.5, 0.6) is 0 Å². The molecule has 4 nitrogen and oxygen atoms in total. The van der Waals surface area contributed by atoms with Gasteiger partial charge in [0.15, 0.2) is 0 Å². The molecule has 1 heterocycles. The zero-order chi connectivity index (χ0) is 9.84. The second-order valence-electron chi connectivity index (χ2n) is 2.39. The first kappa shape index (κ1) is 9.80. The SMILES string of the molecule is COC(=O)c1cc(CCl)cc(=O)[nH]1. The maximum atomic E-state index is 11.0. The van der Waals surface area contributed by atoms with Crippen molar-refractivity contribution in [1.29, 1.82) is 0 Å². The number of rotatable bonds is 2. The molecular weight excluding hydrogens is 194 g/mol. The first-order valence-electron chi connectivity index (χ1n) is 3.55. The normalized spacial score (nSPS) is 9.69. The molecular formula is C8H8ClNO3. The van der Waals surface area contributed by atoms with Gasteiger partial charge in [0.05, 0.1) is 7.11 Å². The number of esters is 1. The van der Waals surface area contributed by atoms with Gasteiger partial charge < -0.3 is 9.72 Å². The van der Waals surface area contributed by atoms with Crippen LogP contribution in [0.1, 0.15) is 16.1 Å². The molecule has 0 radical (unpaired) electrons. The Bertz CT molecular complexity index is 372. The lowest BCUT2D eigenvalue weighted by Gasteiger charge is -2.00. The Morgan fingerprint density at radius 1 is 1.62 bits per heavy atom. The first-order chi connectivity index (χ1) is 6.17. The molecule has 5 heteroatoms. The number of methoxy groups -OCH3 is 1. The molecule has 0 bridgehead atoms. The van der Waals surface area contributed by atoms with E-state index < -0.39 is 5.97 Å². The molecule has 0 amide bonds. The molecule has 0 spiro atoms. The summed E-state index contributed by atoms with van der Waals surface area (Å²) in [5.74, 6) is -0.391. The standard InChI is InChI=1S/C8H8ClNO3/c1-13-8(12)6-2-5(4-9)3-7(11)10-6/h2-3H,4H2,1H3,(H,10,11). The van der Waals surface area contributed by atoms with Crippen molar-refractivity contribution in [3.05, 3.63) is 33.7 Å². The molecule has 0 aliphatic carbocycles. The number of pyridine rings is 1. The molecule has 13 heavy (non-hydrogen) atoms. The van der Waals surface area contributed by atoms with Gasteiger partial charge in [-0.25, -0.2) is 4.79 Å². The van der Waals surface area contributed by atoms with E-state index in [0.29, 0.717) is 5.56 Å². The second-order valence-corrected chi connectivity index (χ2v) is 2.66. The van der Waals surface area contributed by atoms with Gasteiger partial charge in [-0.15, -0.1) is 11.6 Å². The third-order valence-electron chi connectivity index (χ3n) is 1.46. The fourth-order valence-electron chi connectivity index (χ4n) is 0.897. The smallest absolute Gasteiger partial charge is 0.354 e. The number of aromatic amines is 1. The number of carbonyl (C=O) groups is 1. The van der Waals surface area contributed by atoms with Crippen LogP contribution < -0.4 is 5.56 Å². The van der Waals surface area contributed by atoms with Gasteiger partial charge in [0.2, 0.25) is 5.56 Å². The number of nitrogens with one attached hydrogen (secondary N) is 1. The Kier molecular flexibility index (Phi) is 3.08. The number of halogens is 1. The molecule has 0 aromatic carbocycles. The van der Waals surface area contributed by atoms with Gasteiger partial charge in [-0.1, -0.05) is 0 Å². The maximum Gasteiger partial charge on any atom is 0.354 e. The van der Waals surface area contributed by atoms with Gasteiger partial charge in [0.25, 0.3) is 0 Å². The summed E-state index contributed by atoms with van der Waals surface area (Å²) in [4.78, 5) is 24.3. The Hall–Kier alpha value is -1.29. The van der Waals surface area contributed by atoms with Gasteiger partial charge in [0.1, 0.15) is 5.69 Å². The Balaban J connectivity index is 3.16. The summed E-state index contributed by atoms with van der Waals surface area (Å²) in [6.07, 6.45) is 0. The highest BCUT2D eigenvalue weighted by atomic mass is 35.5. The molecule has 1 rings (SSSR count). The summed E-state index contributed by atoms with van der Waals surface area (Å²) in [5.41, 5.74) is 0.343. The van der Waals surface area contributed by atoms with Crippen molar-refractivity contribution in [2.24, 2.45) is 0 Å². The molecule has 0 atom stereocenters. The van der Waals surface area contributed by atoms with Crippen molar-refractivity contribution in [3.8, 4) is 0 Å². The quantitative estimate of drug-likeness (QED) is 0.571. The Morgan fingerprint density at radius 3 is 2.85 bits per heavy atom. The van der Waals surface area contributed by atoms with Crippen LogP contribution in [0.15, 0.2) is 16.9 Å². The van der Waals surface area contributed by atoms with Crippen molar-refractivity contribution < 1.29 is 9.53 Å². The first-order valence-corrected chi connectivity index (χ1v) is 4.08. The van der Waals surface area contributed by atoms with E-state index in [2.05, 4.69) is 9.72 Å². The molecule has 0 saturated carbocycles. The van der Waals surface area contributed by atoms with E-state index in [-0.39, 0.29) is 17.1 Å². The maximum absolute atomic E-state index is 11.0. The number of hydrogen-bond acceptors (Lipinski definition) is 3. The zero-order valence-corrected chi connectivity index (χ0v) is 7.72. The molecule has 0 aliphatic rings. The van der Waals surface area contributed by atoms with Crippen LogP contribution in [0.3, 0.4) is 0 Å². The lowest BCUT2D eigenvalue weighted by atomic mass is 10.2. The third kappa shape index (κ3) is 2.32. The van der Waals surface area contributed by atoms with Crippen molar-refractivity contribution in [3.63, 3.8) is 0 Å². The minimum absolute atomic E-state index is 0.116. The highest BCUT2D eigenvalue weighted by molar-refractivity contribution is 6.17. The number of hydrogen-bond donors (Lipinski definition) is 1. The molecule has 1 aromatic heterocycles. The van der Waals surface area contributed by atoms with E-state index in [9.17, 15) is 9.59 Å². The van der Waals surface area contributed by atoms with Crippen molar-refractivity contribution in [1.82, 2.24) is 4.98 Å². The minimum Gasteiger partial charge on any atom is -0.464 e. The van der Waals surface area contributed by atoms with E-state index in [1.165, 1.54) is 19.2 Å². The number of H-pyrrole nitrogens is 1. The van der Waals surface area contributed by atoms with E-state index in [1.807, 2.05) is 0 Å². The summed E-state index contributed by atoms with van der Waals surface area (Å²) in [7, 11) is 1.24. The fraction of sp³-hybridized carbons (Fsp3) is 0.250. The van der Waals surface area contributed by atoms with Crippen LogP contribution in [-0.4, -0.2) is 18.1 Å². The number of ether oxygens (including phenoxy) is 1. The fourth-order valence-corrected chi connectivity index (χ4v) is 1.05. The largest absolute Gasteiger partial charge is 0.464 e. The van der Waals surface area contributed by atoms with E-state index in [4.69, 9.17) is 11.6 Å². The number of alkyl halides is 1. The second kappa shape index (κ2) is 4.09. The highest BCUT2D eigenvalue weighted by Crippen LogP contribution is 2.03. The van der Waals surface area contributed by atoms with Gasteiger partial charge in [-0.3, -0.25) is 4.79 Å². The average molecular weight is 202 g/mol. The molecule has 1 aromatic rings. The van der Waals surface area contributed by atoms with Crippen LogP contribution in [0.2, 0.25) is 0 Å². The van der Waals surface area contributed by atoms with Crippen molar-refractivity contribution >= 4 is 17.6 Å². The van der Waals surface area contributed by atoms with Crippen LogP contribution in [-0.2, 0) is 10.6 Å². The van der Waals surface area contributed by atoms with E-state index in [1.54, 1.807) is 0 Å². The molecule has 0 aliphatic heterocycles. The summed E-state index contributed by atoms with van der Waals surface area (Å²) in [6, 6.07) is 2.82. The third-order valence-corrected chi connectivity index (χ3v) is 1.77. The van der Waals surface area contributed by atoms with Crippen LogP contribution in [0.25, 0.3) is 0 Å². The minimum atomic E-state index is -0.580. The summed E-state index contributed by atoms with van der Waals surface area (Å²) in [5, 5.41) is 0. The number of carbonyl (C=O) groups excluding carboxylic acids is 1. The Labute approximate surface area is 79.5 Å². The molecule has 0 saturated heterocycles. The van der Waals surface area contributed by atoms with Crippen LogP contribution >= 0.6 is 11.6 Å². The van der Waals surface area contributed by atoms with Gasteiger partial charge >= 0.3 is 5.97 Å². The van der Waals surface area contributed by atoms with E-state index in [0.717, 1.165) is 0 Å². The monoisotopic (exact) mass is 201 g/mol. The molecule has 1 N–H and O–H groups in total. The predicted molar refractivity (Wildman–Crippen MR) is 48.0 cm³/mol. The van der Waals surface area contributed by atoms with E-state index >= 15 is 0 Å². The molecule has 0 fully saturated rings. The molecule has 0 unspecified atom stereocenters. The summed E-state index contributed by atoms with van der Waals surface area (Å²) < 4.78 is 4.44. The van der Waals surface area contributed by atoms with Gasteiger partial charge in [-0.2, -0.15) is 0 Å². The van der Waals surface area contributed by atoms with Crippen molar-refractivity contribution in [2.45, 2.75) is 5.88 Å². The lowest BCUT2D eigenvalue weighted by molar-refractivity contribution is 0.0593. The van der Waals surface area contributed by atoms with Crippen LogP contribution in [0, 0.1) is 0 Å². The van der Waals surface area contributed by atoms with Gasteiger partial charge in [-0.05, 0) is 11.6 Å². The molecule has 70 valence electrons. The Morgan fingerprint density at radius 2 is 2.31 bits per heavy atom. The average Bonchev–Trinajstić information content (AvgIpc) is 2.15. The topological polar surface area (TPSA) is 59.2 Å². The van der Waals surface area contributed by atoms with Crippen molar-refractivity contribution in [2.75, 3.05) is 7.11 Å². The van der Waals surface area contributed by atoms with Crippen LogP contribution in [0.4, 0.5) is 0 Å². The lowest BCUT2D eigenvalue weighted by Crippen LogP contribution is -2.14. The zero-order valence-electron chi connectivity index (χ0n) is 6.96. The number of aromatic nitrogens is 1. The summed E-state index contributed by atoms with van der Waals surface area (Å²) >= 11 is 5.51.